The van der Waals surface area contributed by atoms with E-state index in [2.05, 4.69) is 496 Å². The summed E-state index contributed by atoms with van der Waals surface area (Å²) in [5.41, 5.74) is 49.5. The maximum absolute atomic E-state index is 5.24. The number of aryl methyl sites for hydroxylation is 10. The van der Waals surface area contributed by atoms with Crippen molar-refractivity contribution in [2.24, 2.45) is 35.2 Å². The lowest BCUT2D eigenvalue weighted by molar-refractivity contribution is -0.617. The molecule has 0 aliphatic heterocycles. The van der Waals surface area contributed by atoms with Gasteiger partial charge in [0.1, 0.15) is 27.6 Å². The second-order valence-electron chi connectivity index (χ2n) is 44.3. The minimum Gasteiger partial charge on any atom is -0.251 e. The summed E-state index contributed by atoms with van der Waals surface area (Å²) in [4.78, 5) is 26.0. The third-order valence-electron chi connectivity index (χ3n) is 31.2. The summed E-state index contributed by atoms with van der Waals surface area (Å²) in [6.07, 6.45) is 0. The first kappa shape index (κ1) is 96.4. The van der Waals surface area contributed by atoms with Gasteiger partial charge in [0.15, 0.2) is 55.2 Å². The van der Waals surface area contributed by atoms with Crippen molar-refractivity contribution in [2.75, 3.05) is 0 Å². The van der Waals surface area contributed by atoms with Crippen molar-refractivity contribution in [2.45, 2.75) is 232 Å². The van der Waals surface area contributed by atoms with Gasteiger partial charge in [-0.2, -0.15) is 22.0 Å². The van der Waals surface area contributed by atoms with Crippen molar-refractivity contribution in [3.63, 3.8) is 0 Å². The van der Waals surface area contributed by atoms with Crippen LogP contribution < -0.4 is 22.8 Å². The Morgan fingerprint density at radius 2 is 0.469 bits per heavy atom. The van der Waals surface area contributed by atoms with E-state index in [1.807, 2.05) is 0 Å². The molecule has 25 rings (SSSR count). The highest BCUT2D eigenvalue weighted by Crippen LogP contribution is 2.45. The van der Waals surface area contributed by atoms with E-state index in [1.165, 1.54) is 220 Å². The van der Waals surface area contributed by atoms with E-state index >= 15 is 0 Å². The van der Waals surface area contributed by atoms with Crippen molar-refractivity contribution in [3.05, 3.63) is 327 Å². The minimum absolute atomic E-state index is 0.398. The predicted octanol–water partition coefficient (Wildman–Crippen LogP) is 30.9. The lowest BCUT2D eigenvalue weighted by Crippen LogP contribution is -2.27. The van der Waals surface area contributed by atoms with Crippen molar-refractivity contribution < 1.29 is 22.8 Å². The number of benzene rings is 10. The molecule has 145 heavy (non-hydrogen) atoms. The molecule has 15 heteroatoms. The summed E-state index contributed by atoms with van der Waals surface area (Å²) in [5.74, 6) is 4.28. The monoisotopic (exact) mass is 1910 g/mol. The van der Waals surface area contributed by atoms with Gasteiger partial charge < -0.3 is 0 Å². The Labute approximate surface area is 850 Å². The molecule has 0 aliphatic carbocycles. The van der Waals surface area contributed by atoms with Gasteiger partial charge in [-0.05, 0) is 272 Å². The highest BCUT2D eigenvalue weighted by atomic mass is 15.2. The number of hydrogen-bond acceptors (Lipinski definition) is 5. The fourth-order valence-electron chi connectivity index (χ4n) is 23.5. The van der Waals surface area contributed by atoms with Crippen LogP contribution >= 0.6 is 0 Å². The number of rotatable bonds is 10. The zero-order valence-corrected chi connectivity index (χ0v) is 90.6. The first-order valence-corrected chi connectivity index (χ1v) is 52.7. The average Bonchev–Trinajstić information content (AvgIpc) is 1.63. The first-order chi connectivity index (χ1) is 69.5. The van der Waals surface area contributed by atoms with Crippen LogP contribution in [0.1, 0.15) is 282 Å². The van der Waals surface area contributed by atoms with E-state index in [1.54, 1.807) is 0 Å². The molecule has 0 fully saturated rings. The largest absolute Gasteiger partial charge is 0.297 e. The van der Waals surface area contributed by atoms with Gasteiger partial charge in [-0.15, -0.1) is 0 Å². The van der Waals surface area contributed by atoms with Gasteiger partial charge in [-0.1, -0.05) is 248 Å². The second kappa shape index (κ2) is 36.9. The lowest BCUT2D eigenvalue weighted by Gasteiger charge is -2.15. The number of imidazole rings is 5. The molecular weight excluding hydrogens is 1770 g/mol. The maximum atomic E-state index is 5.24. The number of pyridine rings is 10. The van der Waals surface area contributed by atoms with Gasteiger partial charge in [-0.3, -0.25) is 24.9 Å². The van der Waals surface area contributed by atoms with Crippen LogP contribution in [0, 0.1) is 34.6 Å². The predicted molar refractivity (Wildman–Crippen MR) is 609 cm³/mol. The SMILES string of the molecule is Cc1cc(C(C)C)nc2c3c(C(C)C)cccc3n3c4ccccc4[n+](C)c3c12.Cc1cc(C(C)C)nc2c3cc(C(C)C)ccc3n3c4ccccc4[n+](C)c3c12.Cc1cc(C(C)C)nc2c3ccc(C(C)C)cc3n3c4ccccc4[n+](C)c3c12.Cc1cc(C(C)C)nc2c3cccc(C(C)C)c3n3c4ccccc4[n+](C)c3c12.Cc1cc(C(C)C)nc2c3ccccc3n3c4c(C(C)C)cccc4[n+](C)c3c12. The average molecular weight is 1910 g/mol. The van der Waals surface area contributed by atoms with Crippen LogP contribution in [0.2, 0.25) is 0 Å². The second-order valence-corrected chi connectivity index (χ2v) is 44.3. The van der Waals surface area contributed by atoms with Gasteiger partial charge in [0.2, 0.25) is 0 Å². The van der Waals surface area contributed by atoms with Crippen LogP contribution in [-0.2, 0) is 35.2 Å². The van der Waals surface area contributed by atoms with Gasteiger partial charge in [0.05, 0.1) is 95.1 Å². The molecule has 730 valence electrons. The number of aromatic nitrogens is 15. The Balaban J connectivity index is 0.000000107. The Hall–Kier alpha value is -14.7. The molecule has 0 aliphatic rings. The molecule has 0 spiro atoms. The zero-order chi connectivity index (χ0) is 102. The molecule has 0 bridgehead atoms. The molecule has 15 nitrogen and oxygen atoms in total. The quantitative estimate of drug-likeness (QED) is 0.100. The van der Waals surface area contributed by atoms with Gasteiger partial charge >= 0.3 is 0 Å². The van der Waals surface area contributed by atoms with E-state index in [0.29, 0.717) is 59.2 Å². The van der Waals surface area contributed by atoms with Gasteiger partial charge in [0.25, 0.3) is 28.2 Å². The summed E-state index contributed by atoms with van der Waals surface area (Å²) in [6.45, 7) is 56.0. The van der Waals surface area contributed by atoms with Crippen LogP contribution in [0.5, 0.6) is 0 Å². The standard InChI is InChI=1S/5C26H28N3/c1-15(2)18-10-9-11-19-24-23(17(5)14-20(27-24)16(3)4)26-28(6)21-12-7-8-13-22(21)29(26)25(18)19;1-15(2)18-10-9-13-22-24(18)25-23(17(5)14-19(27-25)16(3)4)26-28(6)20-11-7-8-12-21(20)29(22)26;1-15(2)18-11-9-13-22-25(18)29-21-12-8-7-10-19(21)24-23(26(29)28(22)6)17(5)14-20(27-24)16(3)4;1-15(2)18-11-12-21-19(14-18)25-24(17(5)13-20(27-25)16(3)4)26-28(6)22-9-7-8-10-23(22)29(21)26;1-15(2)18-11-12-19-23(14-18)29-22-10-8-7-9-21(22)28(6)26(29)24-17(5)13-20(16(3)4)27-25(19)24/h5*7-16H,1-6H3/q5*+1. The number of nitrogens with zero attached hydrogens (tertiary/aromatic N) is 15. The molecule has 15 aromatic heterocycles. The van der Waals surface area contributed by atoms with Gasteiger partial charge in [0, 0.05) is 61.1 Å². The molecule has 15 heterocycles. The van der Waals surface area contributed by atoms with Crippen LogP contribution in [-0.4, -0.2) is 46.9 Å². The lowest BCUT2D eigenvalue weighted by atomic mass is 9.94. The van der Waals surface area contributed by atoms with Crippen molar-refractivity contribution in [1.29, 1.82) is 0 Å². The highest BCUT2D eigenvalue weighted by molar-refractivity contribution is 6.18. The third-order valence-corrected chi connectivity index (χ3v) is 31.2. The summed E-state index contributed by atoms with van der Waals surface area (Å²) < 4.78 is 23.9. The Bertz CT molecular complexity index is 9510. The van der Waals surface area contributed by atoms with E-state index < -0.39 is 0 Å². The fourth-order valence-corrected chi connectivity index (χ4v) is 23.5. The smallest absolute Gasteiger partial charge is 0.251 e. The molecule has 0 saturated heterocycles. The topological polar surface area (TPSA) is 106 Å². The molecule has 0 radical (unpaired) electrons. The van der Waals surface area contributed by atoms with Crippen molar-refractivity contribution >= 4 is 192 Å². The van der Waals surface area contributed by atoms with E-state index in [-0.39, 0.29) is 0 Å². The molecule has 0 amide bonds. The highest BCUT2D eigenvalue weighted by Gasteiger charge is 2.35. The first-order valence-electron chi connectivity index (χ1n) is 52.7. The van der Waals surface area contributed by atoms with E-state index in [0.717, 1.165) is 56.1 Å². The Morgan fingerprint density at radius 1 is 0.193 bits per heavy atom. The molecule has 0 atom stereocenters. The third kappa shape index (κ3) is 15.4. The van der Waals surface area contributed by atoms with Crippen molar-refractivity contribution in [3.8, 4) is 0 Å². The molecule has 10 aromatic carbocycles. The fraction of sp³-hybridized carbons (Fsp3) is 0.308. The van der Waals surface area contributed by atoms with Gasteiger partial charge in [-0.25, -0.2) is 22.8 Å². The minimum atomic E-state index is 0.398. The van der Waals surface area contributed by atoms with Crippen LogP contribution in [0.15, 0.2) is 243 Å². The summed E-state index contributed by atoms with van der Waals surface area (Å²) in [6, 6.07) is 88.7. The van der Waals surface area contributed by atoms with Crippen LogP contribution in [0.25, 0.3) is 192 Å². The summed E-state index contributed by atoms with van der Waals surface area (Å²) >= 11 is 0. The number of fused-ring (bicyclic) bond motifs is 40. The van der Waals surface area contributed by atoms with Crippen molar-refractivity contribution in [1.82, 2.24) is 46.9 Å². The maximum Gasteiger partial charge on any atom is 0.297 e. The Morgan fingerprint density at radius 3 is 0.890 bits per heavy atom. The van der Waals surface area contributed by atoms with Crippen LogP contribution in [0.4, 0.5) is 0 Å². The molecule has 0 N–H and O–H groups in total. The molecule has 0 saturated carbocycles. The normalized spacial score (nSPS) is 12.4. The Kier molecular flexibility index (Phi) is 24.5. The molecule has 0 unspecified atom stereocenters. The number of para-hydroxylation sites is 11. The van der Waals surface area contributed by atoms with Crippen LogP contribution in [0.3, 0.4) is 0 Å². The zero-order valence-electron chi connectivity index (χ0n) is 90.6. The van der Waals surface area contributed by atoms with E-state index in [4.69, 9.17) is 24.9 Å². The summed E-state index contributed by atoms with van der Waals surface area (Å²) in [7, 11) is 10.9. The summed E-state index contributed by atoms with van der Waals surface area (Å²) in [5, 5.41) is 12.5. The molecular formula is C130H140N15+5. The number of hydrogen-bond donors (Lipinski definition) is 0. The molecule has 25 aromatic rings. The van der Waals surface area contributed by atoms with E-state index in [9.17, 15) is 0 Å².